The lowest BCUT2D eigenvalue weighted by molar-refractivity contribution is -0.384. The fourth-order valence-electron chi connectivity index (χ4n) is 2.11. The van der Waals surface area contributed by atoms with Gasteiger partial charge in [0, 0.05) is 25.3 Å². The number of nitro benzene ring substituents is 1. The summed E-state index contributed by atoms with van der Waals surface area (Å²) >= 11 is 0. The summed E-state index contributed by atoms with van der Waals surface area (Å²) in [6, 6.07) is 2.89. The third kappa shape index (κ3) is 3.51. The van der Waals surface area contributed by atoms with Crippen LogP contribution in [0.15, 0.2) is 18.2 Å². The van der Waals surface area contributed by atoms with E-state index in [1.54, 1.807) is 0 Å². The van der Waals surface area contributed by atoms with Gasteiger partial charge < -0.3 is 10.1 Å². The highest BCUT2D eigenvalue weighted by atomic mass is 19.1. The van der Waals surface area contributed by atoms with Crippen LogP contribution in [0.25, 0.3) is 0 Å². The van der Waals surface area contributed by atoms with Gasteiger partial charge in [-0.2, -0.15) is 0 Å². The van der Waals surface area contributed by atoms with Crippen LogP contribution in [0.3, 0.4) is 0 Å². The normalized spacial score (nSPS) is 17.9. The van der Waals surface area contributed by atoms with Crippen LogP contribution in [0.1, 0.15) is 29.6 Å². The third-order valence-corrected chi connectivity index (χ3v) is 3.18. The third-order valence-electron chi connectivity index (χ3n) is 3.18. The quantitative estimate of drug-likeness (QED) is 0.661. The van der Waals surface area contributed by atoms with E-state index in [-0.39, 0.29) is 17.4 Å². The molecule has 0 spiro atoms. The minimum atomic E-state index is -0.773. The summed E-state index contributed by atoms with van der Waals surface area (Å²) < 4.78 is 18.9. The maximum atomic E-state index is 13.5. The predicted octanol–water partition coefficient (Wildman–Crippen LogP) is 2.03. The van der Waals surface area contributed by atoms with Gasteiger partial charge in [-0.3, -0.25) is 14.9 Å². The number of nitrogens with zero attached hydrogens (tertiary/aromatic N) is 1. The summed E-state index contributed by atoms with van der Waals surface area (Å²) in [5, 5.41) is 13.2. The molecular formula is C13H15FN2O4. The van der Waals surface area contributed by atoms with E-state index in [2.05, 4.69) is 5.32 Å². The minimum Gasteiger partial charge on any atom is -0.378 e. The maximum Gasteiger partial charge on any atom is 0.270 e. The summed E-state index contributed by atoms with van der Waals surface area (Å²) in [6.07, 6.45) is 2.76. The number of carbonyl (C=O) groups is 1. The molecule has 1 atom stereocenters. The van der Waals surface area contributed by atoms with Gasteiger partial charge in [0.1, 0.15) is 5.82 Å². The van der Waals surface area contributed by atoms with Gasteiger partial charge in [-0.15, -0.1) is 0 Å². The molecule has 1 amide bonds. The van der Waals surface area contributed by atoms with Crippen molar-refractivity contribution in [3.8, 4) is 0 Å². The number of carbonyl (C=O) groups excluding carboxylic acids is 1. The van der Waals surface area contributed by atoms with Gasteiger partial charge in [-0.25, -0.2) is 4.39 Å². The van der Waals surface area contributed by atoms with Crippen molar-refractivity contribution in [1.29, 1.82) is 0 Å². The van der Waals surface area contributed by atoms with Crippen molar-refractivity contribution in [1.82, 2.24) is 5.32 Å². The summed E-state index contributed by atoms with van der Waals surface area (Å²) in [7, 11) is 0. The van der Waals surface area contributed by atoms with Crippen LogP contribution in [-0.4, -0.2) is 30.1 Å². The standard InChI is InChI=1S/C13H15FN2O4/c14-12-4-3-9(16(18)19)8-11(12)13(17)15-6-5-10-2-1-7-20-10/h3-4,8,10H,1-2,5-7H2,(H,15,17). The highest BCUT2D eigenvalue weighted by Gasteiger charge is 2.18. The summed E-state index contributed by atoms with van der Waals surface area (Å²) in [4.78, 5) is 21.7. The van der Waals surface area contributed by atoms with Crippen LogP contribution in [-0.2, 0) is 4.74 Å². The second kappa shape index (κ2) is 6.42. The van der Waals surface area contributed by atoms with E-state index < -0.39 is 16.6 Å². The van der Waals surface area contributed by atoms with Crippen molar-refractivity contribution in [3.05, 3.63) is 39.7 Å². The molecule has 1 N–H and O–H groups in total. The molecule has 7 heteroatoms. The van der Waals surface area contributed by atoms with E-state index >= 15 is 0 Å². The number of halogens is 1. The number of rotatable bonds is 5. The zero-order valence-corrected chi connectivity index (χ0v) is 10.8. The molecule has 0 bridgehead atoms. The van der Waals surface area contributed by atoms with Gasteiger partial charge in [0.25, 0.3) is 11.6 Å². The molecule has 1 fully saturated rings. The van der Waals surface area contributed by atoms with Crippen LogP contribution in [0.5, 0.6) is 0 Å². The Hall–Kier alpha value is -2.02. The molecule has 2 rings (SSSR count). The molecule has 1 aliphatic rings. The molecular weight excluding hydrogens is 267 g/mol. The lowest BCUT2D eigenvalue weighted by Gasteiger charge is -2.10. The Morgan fingerprint density at radius 2 is 2.35 bits per heavy atom. The van der Waals surface area contributed by atoms with Crippen molar-refractivity contribution >= 4 is 11.6 Å². The van der Waals surface area contributed by atoms with Crippen LogP contribution in [0.2, 0.25) is 0 Å². The van der Waals surface area contributed by atoms with Crippen LogP contribution in [0.4, 0.5) is 10.1 Å². The fraction of sp³-hybridized carbons (Fsp3) is 0.462. The first-order valence-electron chi connectivity index (χ1n) is 6.41. The molecule has 108 valence electrons. The molecule has 1 aromatic carbocycles. The second-order valence-electron chi connectivity index (χ2n) is 4.60. The summed E-state index contributed by atoms with van der Waals surface area (Å²) in [6.45, 7) is 1.09. The number of nitro groups is 1. The first-order chi connectivity index (χ1) is 9.58. The van der Waals surface area contributed by atoms with E-state index in [0.717, 1.165) is 37.6 Å². The van der Waals surface area contributed by atoms with Gasteiger partial charge >= 0.3 is 0 Å². The number of benzene rings is 1. The van der Waals surface area contributed by atoms with E-state index in [1.165, 1.54) is 0 Å². The van der Waals surface area contributed by atoms with Gasteiger partial charge in [0.2, 0.25) is 0 Å². The highest BCUT2D eigenvalue weighted by molar-refractivity contribution is 5.95. The zero-order valence-electron chi connectivity index (χ0n) is 10.8. The van der Waals surface area contributed by atoms with Crippen LogP contribution >= 0.6 is 0 Å². The molecule has 1 saturated heterocycles. The molecule has 1 aliphatic heterocycles. The number of non-ortho nitro benzene ring substituents is 1. The van der Waals surface area contributed by atoms with Gasteiger partial charge in [0.15, 0.2) is 0 Å². The van der Waals surface area contributed by atoms with E-state index in [0.29, 0.717) is 13.0 Å². The number of ether oxygens (including phenoxy) is 1. The zero-order chi connectivity index (χ0) is 14.5. The Kier molecular flexibility index (Phi) is 4.62. The first kappa shape index (κ1) is 14.4. The van der Waals surface area contributed by atoms with Crippen LogP contribution in [0, 0.1) is 15.9 Å². The number of hydrogen-bond acceptors (Lipinski definition) is 4. The average Bonchev–Trinajstić information content (AvgIpc) is 2.92. The molecule has 0 saturated carbocycles. The first-order valence-corrected chi connectivity index (χ1v) is 6.41. The van der Waals surface area contributed by atoms with Crippen molar-refractivity contribution < 1.29 is 18.8 Å². The van der Waals surface area contributed by atoms with Crippen LogP contribution < -0.4 is 5.32 Å². The Balaban J connectivity index is 1.94. The Bertz CT molecular complexity index is 515. The highest BCUT2D eigenvalue weighted by Crippen LogP contribution is 2.17. The molecule has 1 aromatic rings. The molecule has 6 nitrogen and oxygen atoms in total. The average molecular weight is 282 g/mol. The Morgan fingerprint density at radius 3 is 3.00 bits per heavy atom. The van der Waals surface area contributed by atoms with E-state index in [9.17, 15) is 19.3 Å². The predicted molar refractivity (Wildman–Crippen MR) is 69.0 cm³/mol. The molecule has 1 unspecified atom stereocenters. The lowest BCUT2D eigenvalue weighted by Crippen LogP contribution is -2.27. The smallest absolute Gasteiger partial charge is 0.270 e. The van der Waals surface area contributed by atoms with Crippen molar-refractivity contribution in [3.63, 3.8) is 0 Å². The Morgan fingerprint density at radius 1 is 1.55 bits per heavy atom. The topological polar surface area (TPSA) is 81.5 Å². The SMILES string of the molecule is O=C(NCCC1CCCO1)c1cc([N+](=O)[O-])ccc1F. The summed E-state index contributed by atoms with van der Waals surface area (Å²) in [5.74, 6) is -1.42. The lowest BCUT2D eigenvalue weighted by atomic mass is 10.1. The maximum absolute atomic E-state index is 13.5. The molecule has 1 heterocycles. The molecule has 0 aliphatic carbocycles. The van der Waals surface area contributed by atoms with Crippen molar-refractivity contribution in [2.45, 2.75) is 25.4 Å². The second-order valence-corrected chi connectivity index (χ2v) is 4.60. The minimum absolute atomic E-state index is 0.130. The molecule has 0 radical (unpaired) electrons. The van der Waals surface area contributed by atoms with Crippen molar-refractivity contribution in [2.24, 2.45) is 0 Å². The fourth-order valence-corrected chi connectivity index (χ4v) is 2.11. The number of amides is 1. The molecule has 20 heavy (non-hydrogen) atoms. The largest absolute Gasteiger partial charge is 0.378 e. The van der Waals surface area contributed by atoms with Gasteiger partial charge in [0.05, 0.1) is 16.6 Å². The van der Waals surface area contributed by atoms with Crippen molar-refractivity contribution in [2.75, 3.05) is 13.2 Å². The van der Waals surface area contributed by atoms with E-state index in [1.807, 2.05) is 0 Å². The monoisotopic (exact) mass is 282 g/mol. The summed E-state index contributed by atoms with van der Waals surface area (Å²) in [5.41, 5.74) is -0.623. The molecule has 0 aromatic heterocycles. The van der Waals surface area contributed by atoms with Gasteiger partial charge in [-0.05, 0) is 25.3 Å². The Labute approximate surface area is 115 Å². The van der Waals surface area contributed by atoms with Gasteiger partial charge in [-0.1, -0.05) is 0 Å². The number of nitrogens with one attached hydrogen (secondary N) is 1. The number of hydrogen-bond donors (Lipinski definition) is 1. The van der Waals surface area contributed by atoms with E-state index in [4.69, 9.17) is 4.74 Å².